The summed E-state index contributed by atoms with van der Waals surface area (Å²) in [5.41, 5.74) is 4.39. The second-order valence-corrected chi connectivity index (χ2v) is 7.87. The Kier molecular flexibility index (Phi) is 9.88. The highest BCUT2D eigenvalue weighted by Crippen LogP contribution is 2.28. The third-order valence-electron chi connectivity index (χ3n) is 5.10. The Hall–Kier alpha value is -4.33. The minimum Gasteiger partial charge on any atom is -0.494 e. The first kappa shape index (κ1) is 26.3. The Labute approximate surface area is 210 Å². The fourth-order valence-corrected chi connectivity index (χ4v) is 3.10. The number of carbonyl (C=O) groups excluding carboxylic acids is 2. The number of ether oxygens (including phenoxy) is 4. The van der Waals surface area contributed by atoms with Crippen molar-refractivity contribution >= 4 is 18.1 Å². The number of hydrogen-bond donors (Lipinski definition) is 1. The van der Waals surface area contributed by atoms with E-state index in [1.165, 1.54) is 13.3 Å². The molecule has 188 valence electrons. The highest BCUT2D eigenvalue weighted by Gasteiger charge is 2.13. The number of amides is 1. The largest absolute Gasteiger partial charge is 0.494 e. The molecule has 36 heavy (non-hydrogen) atoms. The van der Waals surface area contributed by atoms with Crippen LogP contribution in [0, 0.1) is 6.92 Å². The third kappa shape index (κ3) is 7.87. The molecule has 3 rings (SSSR count). The molecular weight excluding hydrogens is 460 g/mol. The summed E-state index contributed by atoms with van der Waals surface area (Å²) in [7, 11) is 1.47. The SMILES string of the molecule is CCCCOc1ccc(C(=O)Oc2ccc(/C=N\NC(=O)COc3ccccc3C)cc2OC)cc1. The molecule has 0 spiro atoms. The van der Waals surface area contributed by atoms with Crippen LogP contribution in [0.25, 0.3) is 0 Å². The van der Waals surface area contributed by atoms with E-state index in [1.54, 1.807) is 48.5 Å². The van der Waals surface area contributed by atoms with Crippen LogP contribution in [0.3, 0.4) is 0 Å². The minimum atomic E-state index is -0.518. The lowest BCUT2D eigenvalue weighted by atomic mass is 10.2. The van der Waals surface area contributed by atoms with E-state index in [-0.39, 0.29) is 12.4 Å². The Morgan fingerprint density at radius 3 is 2.44 bits per heavy atom. The standard InChI is InChI=1S/C28H30N2O6/c1-4-5-16-34-23-13-11-22(12-14-23)28(32)36-25-15-10-21(17-26(25)33-3)18-29-30-27(31)19-35-24-9-7-6-8-20(24)2/h6-15,17-18H,4-5,16,19H2,1-3H3,(H,30,31)/b29-18-. The lowest BCUT2D eigenvalue weighted by Crippen LogP contribution is -2.24. The highest BCUT2D eigenvalue weighted by atomic mass is 16.6. The number of nitrogens with zero attached hydrogens (tertiary/aromatic N) is 1. The van der Waals surface area contributed by atoms with Crippen molar-refractivity contribution in [3.05, 3.63) is 83.4 Å². The predicted molar refractivity (Wildman–Crippen MR) is 137 cm³/mol. The summed E-state index contributed by atoms with van der Waals surface area (Å²) in [6, 6.07) is 19.2. The molecule has 0 heterocycles. The van der Waals surface area contributed by atoms with Crippen molar-refractivity contribution in [1.29, 1.82) is 0 Å². The fourth-order valence-electron chi connectivity index (χ4n) is 3.10. The number of rotatable bonds is 12. The molecule has 0 saturated carbocycles. The number of unbranched alkanes of at least 4 members (excludes halogenated alkanes) is 1. The van der Waals surface area contributed by atoms with E-state index < -0.39 is 11.9 Å². The highest BCUT2D eigenvalue weighted by molar-refractivity contribution is 5.92. The molecule has 0 atom stereocenters. The van der Waals surface area contributed by atoms with Gasteiger partial charge in [0.2, 0.25) is 0 Å². The molecule has 3 aromatic rings. The van der Waals surface area contributed by atoms with Crippen molar-refractivity contribution < 1.29 is 28.5 Å². The summed E-state index contributed by atoms with van der Waals surface area (Å²) in [4.78, 5) is 24.6. The zero-order chi connectivity index (χ0) is 25.8. The van der Waals surface area contributed by atoms with Crippen molar-refractivity contribution in [2.45, 2.75) is 26.7 Å². The number of esters is 1. The molecule has 0 aliphatic heterocycles. The van der Waals surface area contributed by atoms with Crippen molar-refractivity contribution in [3.8, 4) is 23.0 Å². The Balaban J connectivity index is 1.54. The van der Waals surface area contributed by atoms with E-state index in [9.17, 15) is 9.59 Å². The van der Waals surface area contributed by atoms with Gasteiger partial charge in [-0.3, -0.25) is 4.79 Å². The molecule has 0 radical (unpaired) electrons. The van der Waals surface area contributed by atoms with Gasteiger partial charge in [-0.1, -0.05) is 31.5 Å². The van der Waals surface area contributed by atoms with Gasteiger partial charge in [0.25, 0.3) is 5.91 Å². The van der Waals surface area contributed by atoms with Crippen LogP contribution >= 0.6 is 0 Å². The molecule has 0 bridgehead atoms. The van der Waals surface area contributed by atoms with Gasteiger partial charge in [0.05, 0.1) is 25.5 Å². The van der Waals surface area contributed by atoms with E-state index in [4.69, 9.17) is 18.9 Å². The predicted octanol–water partition coefficient (Wildman–Crippen LogP) is 4.93. The van der Waals surface area contributed by atoms with Gasteiger partial charge in [0.15, 0.2) is 18.1 Å². The number of hydrogen-bond acceptors (Lipinski definition) is 7. The normalized spacial score (nSPS) is 10.6. The van der Waals surface area contributed by atoms with E-state index in [1.807, 2.05) is 25.1 Å². The molecule has 0 fully saturated rings. The number of aryl methyl sites for hydroxylation is 1. The quantitative estimate of drug-likeness (QED) is 0.127. The second-order valence-electron chi connectivity index (χ2n) is 7.87. The number of para-hydroxylation sites is 1. The van der Waals surface area contributed by atoms with Crippen LogP contribution in [0.1, 0.15) is 41.3 Å². The van der Waals surface area contributed by atoms with E-state index in [0.717, 1.165) is 18.4 Å². The van der Waals surface area contributed by atoms with Crippen LogP contribution in [-0.2, 0) is 4.79 Å². The molecule has 0 aliphatic rings. The van der Waals surface area contributed by atoms with E-state index in [2.05, 4.69) is 17.5 Å². The molecular formula is C28H30N2O6. The summed E-state index contributed by atoms with van der Waals surface area (Å²) in [5.74, 6) is 1.04. The summed E-state index contributed by atoms with van der Waals surface area (Å²) in [6.45, 7) is 4.47. The van der Waals surface area contributed by atoms with Gasteiger partial charge < -0.3 is 18.9 Å². The van der Waals surface area contributed by atoms with Crippen LogP contribution in [-0.4, -0.2) is 38.4 Å². The number of hydrazone groups is 1. The maximum atomic E-state index is 12.6. The molecule has 0 saturated heterocycles. The van der Waals surface area contributed by atoms with Gasteiger partial charge in [-0.25, -0.2) is 10.2 Å². The van der Waals surface area contributed by atoms with Gasteiger partial charge in [0, 0.05) is 0 Å². The maximum Gasteiger partial charge on any atom is 0.343 e. The molecule has 1 N–H and O–H groups in total. The van der Waals surface area contributed by atoms with Crippen LogP contribution in [0.5, 0.6) is 23.0 Å². The average Bonchev–Trinajstić information content (AvgIpc) is 2.89. The van der Waals surface area contributed by atoms with Crippen molar-refractivity contribution in [1.82, 2.24) is 5.43 Å². The van der Waals surface area contributed by atoms with Crippen molar-refractivity contribution in [3.63, 3.8) is 0 Å². The zero-order valence-electron chi connectivity index (χ0n) is 20.7. The number of nitrogens with one attached hydrogen (secondary N) is 1. The first-order valence-electron chi connectivity index (χ1n) is 11.6. The van der Waals surface area contributed by atoms with Crippen LogP contribution in [0.4, 0.5) is 0 Å². The Morgan fingerprint density at radius 2 is 1.72 bits per heavy atom. The summed E-state index contributed by atoms with van der Waals surface area (Å²) >= 11 is 0. The summed E-state index contributed by atoms with van der Waals surface area (Å²) in [5, 5.41) is 3.94. The lowest BCUT2D eigenvalue weighted by molar-refractivity contribution is -0.123. The van der Waals surface area contributed by atoms with Gasteiger partial charge in [-0.05, 0) is 73.0 Å². The van der Waals surface area contributed by atoms with Crippen molar-refractivity contribution in [2.24, 2.45) is 5.10 Å². The van der Waals surface area contributed by atoms with E-state index in [0.29, 0.717) is 35.0 Å². The molecule has 8 heteroatoms. The monoisotopic (exact) mass is 490 g/mol. The van der Waals surface area contributed by atoms with Gasteiger partial charge in [-0.2, -0.15) is 5.10 Å². The molecule has 0 unspecified atom stereocenters. The van der Waals surface area contributed by atoms with Gasteiger partial charge in [-0.15, -0.1) is 0 Å². The molecule has 1 amide bonds. The minimum absolute atomic E-state index is 0.160. The Bertz CT molecular complexity index is 1190. The number of carbonyl (C=O) groups is 2. The fraction of sp³-hybridized carbons (Fsp3) is 0.250. The van der Waals surface area contributed by atoms with Crippen molar-refractivity contribution in [2.75, 3.05) is 20.3 Å². The van der Waals surface area contributed by atoms with Gasteiger partial charge >= 0.3 is 5.97 Å². The van der Waals surface area contributed by atoms with Crippen LogP contribution in [0.2, 0.25) is 0 Å². The van der Waals surface area contributed by atoms with E-state index >= 15 is 0 Å². The Morgan fingerprint density at radius 1 is 0.944 bits per heavy atom. The maximum absolute atomic E-state index is 12.6. The molecule has 0 aromatic heterocycles. The zero-order valence-corrected chi connectivity index (χ0v) is 20.7. The lowest BCUT2D eigenvalue weighted by Gasteiger charge is -2.10. The molecule has 0 aliphatic carbocycles. The summed E-state index contributed by atoms with van der Waals surface area (Å²) < 4.78 is 22.0. The third-order valence-corrected chi connectivity index (χ3v) is 5.10. The summed E-state index contributed by atoms with van der Waals surface area (Å²) in [6.07, 6.45) is 3.48. The first-order valence-corrected chi connectivity index (χ1v) is 11.6. The van der Waals surface area contributed by atoms with Crippen LogP contribution < -0.4 is 24.4 Å². The molecule has 3 aromatic carbocycles. The second kappa shape index (κ2) is 13.5. The molecule has 8 nitrogen and oxygen atoms in total. The average molecular weight is 491 g/mol. The number of methoxy groups -OCH3 is 1. The number of benzene rings is 3. The smallest absolute Gasteiger partial charge is 0.343 e. The first-order chi connectivity index (χ1) is 17.5. The van der Waals surface area contributed by atoms with Crippen LogP contribution in [0.15, 0.2) is 71.8 Å². The van der Waals surface area contributed by atoms with Gasteiger partial charge in [0.1, 0.15) is 11.5 Å². The topological polar surface area (TPSA) is 95.5 Å².